The van der Waals surface area contributed by atoms with Gasteiger partial charge < -0.3 is 15.2 Å². The zero-order valence-corrected chi connectivity index (χ0v) is 28.6. The number of carbonyl (C=O) groups is 2. The van der Waals surface area contributed by atoms with Crippen LogP contribution < -0.4 is 10.2 Å². The van der Waals surface area contributed by atoms with Crippen LogP contribution in [0, 0.1) is 37.5 Å². The molecule has 2 aliphatic heterocycles. The summed E-state index contributed by atoms with van der Waals surface area (Å²) in [4.78, 5) is 29.6. The fourth-order valence-electron chi connectivity index (χ4n) is 8.11. The molecule has 0 radical (unpaired) electrons. The number of phenols is 1. The van der Waals surface area contributed by atoms with Crippen LogP contribution in [0.4, 0.5) is 17.1 Å². The number of carbonyl (C=O) groups excluding carboxylic acids is 2. The maximum Gasteiger partial charge on any atom is 0.238 e. The Morgan fingerprint density at radius 2 is 1.51 bits per heavy atom. The number of phenolic OH excluding ortho intramolecular Hbond substituents is 1. The third-order valence-corrected chi connectivity index (χ3v) is 10.5. The molecule has 4 aromatic rings. The zero-order valence-electron chi connectivity index (χ0n) is 28.6. The van der Waals surface area contributed by atoms with E-state index in [1.807, 2.05) is 86.6 Å². The van der Waals surface area contributed by atoms with Gasteiger partial charge in [0, 0.05) is 17.3 Å². The quantitative estimate of drug-likeness (QED) is 0.107. The highest BCUT2D eigenvalue weighted by atomic mass is 16.5. The molecule has 2 saturated heterocycles. The van der Waals surface area contributed by atoms with Gasteiger partial charge in [0.25, 0.3) is 0 Å². The molecule has 0 bridgehead atoms. The van der Waals surface area contributed by atoms with Crippen LogP contribution in [-0.4, -0.2) is 29.6 Å². The molecule has 0 aromatic heterocycles. The molecule has 0 unspecified atom stereocenters. The number of ether oxygens (including phenoxy) is 1. The molecule has 2 amide bonds. The number of allylic oxidation sites excluding steroid dienone is 2. The molecule has 0 spiro atoms. The van der Waals surface area contributed by atoms with Crippen molar-refractivity contribution in [2.75, 3.05) is 16.8 Å². The number of aryl methyl sites for hydroxylation is 2. The van der Waals surface area contributed by atoms with Crippen LogP contribution in [0.15, 0.2) is 108 Å². The third-order valence-electron chi connectivity index (χ3n) is 10.5. The van der Waals surface area contributed by atoms with Crippen molar-refractivity contribution < 1.29 is 19.4 Å². The van der Waals surface area contributed by atoms with E-state index in [1.165, 1.54) is 21.6 Å². The lowest BCUT2D eigenvalue weighted by Gasteiger charge is -2.33. The summed E-state index contributed by atoms with van der Waals surface area (Å²) in [6.07, 6.45) is 4.26. The second-order valence-electron chi connectivity index (χ2n) is 14.0. The third kappa shape index (κ3) is 6.33. The van der Waals surface area contributed by atoms with Crippen LogP contribution in [0.3, 0.4) is 0 Å². The molecular weight excluding hydrogens is 608 g/mol. The van der Waals surface area contributed by atoms with Crippen molar-refractivity contribution in [3.8, 4) is 5.75 Å². The molecule has 2 N–H and O–H groups in total. The Morgan fingerprint density at radius 1 is 0.878 bits per heavy atom. The van der Waals surface area contributed by atoms with E-state index in [4.69, 9.17) is 4.74 Å². The van der Waals surface area contributed by atoms with E-state index in [9.17, 15) is 14.7 Å². The van der Waals surface area contributed by atoms with Crippen molar-refractivity contribution in [2.24, 2.45) is 23.7 Å². The van der Waals surface area contributed by atoms with Crippen molar-refractivity contribution >= 4 is 40.5 Å². The maximum absolute atomic E-state index is 14.2. The monoisotopic (exact) mass is 652 g/mol. The topological polar surface area (TPSA) is 78.9 Å². The summed E-state index contributed by atoms with van der Waals surface area (Å²) < 4.78 is 6.57. The number of para-hydroxylation sites is 1. The first kappa shape index (κ1) is 32.6. The van der Waals surface area contributed by atoms with Crippen molar-refractivity contribution in [2.45, 2.75) is 53.1 Å². The lowest BCUT2D eigenvalue weighted by molar-refractivity contribution is -0.122. The van der Waals surface area contributed by atoms with E-state index in [0.29, 0.717) is 24.5 Å². The van der Waals surface area contributed by atoms with Gasteiger partial charge in [0.15, 0.2) is 0 Å². The minimum Gasteiger partial charge on any atom is -0.507 e. The molecule has 6 heteroatoms. The maximum atomic E-state index is 14.2. The first-order valence-electron chi connectivity index (χ1n) is 17.4. The van der Waals surface area contributed by atoms with Gasteiger partial charge in [-0.25, -0.2) is 0 Å². The number of amides is 2. The number of hydrogen-bond acceptors (Lipinski definition) is 5. The van der Waals surface area contributed by atoms with Crippen molar-refractivity contribution in [3.63, 3.8) is 0 Å². The van der Waals surface area contributed by atoms with Gasteiger partial charge in [0.1, 0.15) is 5.75 Å². The molecule has 1 aliphatic carbocycles. The number of fused-ring (bicyclic) bond motifs is 3. The van der Waals surface area contributed by atoms with Gasteiger partial charge in [0.2, 0.25) is 11.8 Å². The second kappa shape index (κ2) is 13.5. The number of rotatable bonds is 9. The predicted octanol–water partition coefficient (Wildman–Crippen LogP) is 9.25. The molecule has 49 heavy (non-hydrogen) atoms. The minimum absolute atomic E-state index is 0.104. The Balaban J connectivity index is 1.13. The normalized spacial score (nSPS) is 22.1. The number of aromatic hydroxyl groups is 1. The van der Waals surface area contributed by atoms with Gasteiger partial charge in [-0.3, -0.25) is 14.5 Å². The lowest BCUT2D eigenvalue weighted by atomic mass is 9.67. The van der Waals surface area contributed by atoms with E-state index in [0.717, 1.165) is 46.5 Å². The van der Waals surface area contributed by atoms with Crippen LogP contribution in [-0.2, 0) is 14.3 Å². The Bertz CT molecular complexity index is 1900. The summed E-state index contributed by atoms with van der Waals surface area (Å²) in [5.41, 5.74) is 10.1. The van der Waals surface area contributed by atoms with E-state index in [-0.39, 0.29) is 35.7 Å². The highest BCUT2D eigenvalue weighted by Crippen LogP contribution is 2.52. The van der Waals surface area contributed by atoms with Crippen LogP contribution in [0.25, 0.3) is 11.6 Å². The molecule has 4 aromatic carbocycles. The number of nitrogens with zero attached hydrogens (tertiary/aromatic N) is 1. The Morgan fingerprint density at radius 3 is 2.16 bits per heavy atom. The average Bonchev–Trinajstić information content (AvgIpc) is 3.63. The number of nitrogens with one attached hydrogen (secondary N) is 1. The van der Waals surface area contributed by atoms with Gasteiger partial charge >= 0.3 is 0 Å². The average molecular weight is 653 g/mol. The van der Waals surface area contributed by atoms with Gasteiger partial charge in [0.05, 0.1) is 30.2 Å². The number of anilines is 3. The number of hydrogen-bond donors (Lipinski definition) is 2. The fourth-order valence-corrected chi connectivity index (χ4v) is 8.11. The van der Waals surface area contributed by atoms with Crippen molar-refractivity contribution in [3.05, 3.63) is 130 Å². The van der Waals surface area contributed by atoms with Gasteiger partial charge in [-0.1, -0.05) is 74.0 Å². The van der Waals surface area contributed by atoms with Gasteiger partial charge in [-0.05, 0) is 121 Å². The molecule has 6 nitrogen and oxygen atoms in total. The highest BCUT2D eigenvalue weighted by molar-refractivity contribution is 6.22. The van der Waals surface area contributed by atoms with E-state index in [2.05, 4.69) is 49.5 Å². The summed E-state index contributed by atoms with van der Waals surface area (Å²) in [6, 6.07) is 31.9. The van der Waals surface area contributed by atoms with Crippen molar-refractivity contribution in [1.29, 1.82) is 0 Å². The molecule has 250 valence electrons. The second-order valence-corrected chi connectivity index (χ2v) is 14.0. The molecule has 2 heterocycles. The summed E-state index contributed by atoms with van der Waals surface area (Å²) in [5.74, 6) is -0.524. The highest BCUT2D eigenvalue weighted by Gasteiger charge is 2.57. The SMILES string of the molecule is Cc1cc(/C=C(/CC[C@H]2OC[C@H]3C2=C(C(C)C)C[C@H]2C(=O)N(c4ccc(Nc5ccccc5)cc4)C(=O)[C@H]23)c2ccccc2)cc(C)c1O. The van der Waals surface area contributed by atoms with Crippen LogP contribution in [0.2, 0.25) is 0 Å². The van der Waals surface area contributed by atoms with E-state index in [1.54, 1.807) is 0 Å². The summed E-state index contributed by atoms with van der Waals surface area (Å²) in [6.45, 7) is 8.69. The van der Waals surface area contributed by atoms with Crippen molar-refractivity contribution in [1.82, 2.24) is 0 Å². The molecular formula is C43H44N2O4. The molecule has 3 aliphatic rings. The Hall–Kier alpha value is -4.94. The van der Waals surface area contributed by atoms with E-state index >= 15 is 0 Å². The predicted molar refractivity (Wildman–Crippen MR) is 196 cm³/mol. The van der Waals surface area contributed by atoms with Gasteiger partial charge in [-0.15, -0.1) is 0 Å². The summed E-state index contributed by atoms with van der Waals surface area (Å²) in [5, 5.41) is 13.7. The van der Waals surface area contributed by atoms with Gasteiger partial charge in [-0.2, -0.15) is 0 Å². The molecule has 4 atom stereocenters. The number of benzene rings is 4. The Labute approximate surface area is 289 Å². The Kier molecular flexibility index (Phi) is 9.00. The molecule has 7 rings (SSSR count). The smallest absolute Gasteiger partial charge is 0.238 e. The molecule has 0 saturated carbocycles. The zero-order chi connectivity index (χ0) is 34.2. The van der Waals surface area contributed by atoms with Crippen LogP contribution in [0.1, 0.15) is 55.4 Å². The van der Waals surface area contributed by atoms with Crippen LogP contribution >= 0.6 is 0 Å². The molecule has 2 fully saturated rings. The first-order valence-corrected chi connectivity index (χ1v) is 17.4. The standard InChI is InChI=1S/C43H44N2O4/c1-26(2)35-24-36-40(43(48)45(42(36)47)34-18-16-33(17-19-34)44-32-13-9-6-10-14-32)37-25-49-38(39(35)37)20-15-31(30-11-7-5-8-12-30)23-29-21-27(3)41(46)28(4)22-29/h5-14,16-19,21-23,26,36-38,40,44,46H,15,20,24-25H2,1-4H3/b31-23-/t36-,37+,38-,40-/m1/s1. The first-order chi connectivity index (χ1) is 23.7. The van der Waals surface area contributed by atoms with E-state index < -0.39 is 5.92 Å². The lowest BCUT2D eigenvalue weighted by Crippen LogP contribution is -2.35. The largest absolute Gasteiger partial charge is 0.507 e. The minimum atomic E-state index is -0.413. The summed E-state index contributed by atoms with van der Waals surface area (Å²) in [7, 11) is 0. The fraction of sp³-hybridized carbons (Fsp3) is 0.302. The summed E-state index contributed by atoms with van der Waals surface area (Å²) >= 11 is 0. The van der Waals surface area contributed by atoms with Crippen LogP contribution in [0.5, 0.6) is 5.75 Å². The number of imide groups is 1.